The largest absolute Gasteiger partial charge is 0.481 e. The lowest BCUT2D eigenvalue weighted by atomic mass is 10.0. The number of ether oxygens (including phenoxy) is 1. The van der Waals surface area contributed by atoms with Crippen molar-refractivity contribution in [1.29, 1.82) is 0 Å². The molecule has 0 aromatic carbocycles. The number of amides is 2. The van der Waals surface area contributed by atoms with Gasteiger partial charge in [0.1, 0.15) is 0 Å². The number of carboxylic acids is 1. The zero-order valence-electron chi connectivity index (χ0n) is 12.6. The molecule has 1 unspecified atom stereocenters. The smallest absolute Gasteiger partial charge is 0.314 e. The van der Waals surface area contributed by atoms with Crippen molar-refractivity contribution in [3.05, 3.63) is 0 Å². The fourth-order valence-corrected chi connectivity index (χ4v) is 1.59. The average Bonchev–Trinajstić information content (AvgIpc) is 2.40. The fraction of sp³-hybridized carbons (Fsp3) is 0.857. The first kappa shape index (κ1) is 18.7. The molecular formula is C14H28N2O4. The molecule has 6 heteroatoms. The molecule has 0 spiro atoms. The molecule has 2 amide bonds. The lowest BCUT2D eigenvalue weighted by Crippen LogP contribution is -2.38. The van der Waals surface area contributed by atoms with Crippen molar-refractivity contribution in [3.63, 3.8) is 0 Å². The summed E-state index contributed by atoms with van der Waals surface area (Å²) in [6.45, 7) is 6.42. The normalized spacial score (nSPS) is 11.9. The first-order valence-corrected chi connectivity index (χ1v) is 7.37. The van der Waals surface area contributed by atoms with Gasteiger partial charge in [-0.25, -0.2) is 4.79 Å². The molecule has 0 rings (SSSR count). The molecule has 0 saturated carbocycles. The van der Waals surface area contributed by atoms with Crippen molar-refractivity contribution in [2.24, 2.45) is 5.92 Å². The summed E-state index contributed by atoms with van der Waals surface area (Å²) >= 11 is 0. The summed E-state index contributed by atoms with van der Waals surface area (Å²) in [4.78, 5) is 21.8. The molecule has 6 nitrogen and oxygen atoms in total. The predicted octanol–water partition coefficient (Wildman–Crippen LogP) is 1.99. The molecule has 0 bridgehead atoms. The second-order valence-electron chi connectivity index (χ2n) is 4.97. The maximum Gasteiger partial charge on any atom is 0.314 e. The third-order valence-electron chi connectivity index (χ3n) is 2.95. The minimum Gasteiger partial charge on any atom is -0.481 e. The van der Waals surface area contributed by atoms with E-state index >= 15 is 0 Å². The zero-order chi connectivity index (χ0) is 15.2. The van der Waals surface area contributed by atoms with Gasteiger partial charge in [0.2, 0.25) is 0 Å². The van der Waals surface area contributed by atoms with Gasteiger partial charge in [-0.3, -0.25) is 4.79 Å². The van der Waals surface area contributed by atoms with Gasteiger partial charge in [0, 0.05) is 26.1 Å². The number of carbonyl (C=O) groups is 2. The van der Waals surface area contributed by atoms with E-state index in [0.29, 0.717) is 32.0 Å². The van der Waals surface area contributed by atoms with Crippen LogP contribution in [0, 0.1) is 5.92 Å². The van der Waals surface area contributed by atoms with Crippen LogP contribution in [0.3, 0.4) is 0 Å². The lowest BCUT2D eigenvalue weighted by molar-refractivity contribution is -0.137. The minimum absolute atomic E-state index is 0.183. The second-order valence-corrected chi connectivity index (χ2v) is 4.97. The first-order chi connectivity index (χ1) is 9.56. The number of carbonyl (C=O) groups excluding carboxylic acids is 1. The number of urea groups is 1. The first-order valence-electron chi connectivity index (χ1n) is 7.37. The minimum atomic E-state index is -0.773. The third kappa shape index (κ3) is 13.1. The zero-order valence-corrected chi connectivity index (χ0v) is 12.6. The Morgan fingerprint density at radius 2 is 1.85 bits per heavy atom. The highest BCUT2D eigenvalue weighted by Crippen LogP contribution is 2.08. The van der Waals surface area contributed by atoms with E-state index in [1.807, 2.05) is 6.92 Å². The number of hydrogen-bond donors (Lipinski definition) is 3. The standard InChI is InChI=1S/C14H28N2O4/c1-3-4-10-20-11-9-16-14(19)15-8-7-12(2)5-6-13(17)18/h12H,3-11H2,1-2H3,(H,17,18)(H2,15,16,19). The maximum atomic E-state index is 11.4. The number of nitrogens with one attached hydrogen (secondary N) is 2. The summed E-state index contributed by atoms with van der Waals surface area (Å²) in [5, 5.41) is 14.0. The van der Waals surface area contributed by atoms with Gasteiger partial charge in [0.05, 0.1) is 6.61 Å². The van der Waals surface area contributed by atoms with Crippen molar-refractivity contribution in [2.45, 2.75) is 46.0 Å². The molecule has 0 aromatic heterocycles. The van der Waals surface area contributed by atoms with Crippen LogP contribution >= 0.6 is 0 Å². The SMILES string of the molecule is CCCCOCCNC(=O)NCCC(C)CCC(=O)O. The summed E-state index contributed by atoms with van der Waals surface area (Å²) in [5.74, 6) is -0.477. The highest BCUT2D eigenvalue weighted by molar-refractivity contribution is 5.73. The molecular weight excluding hydrogens is 260 g/mol. The Hall–Kier alpha value is -1.30. The quantitative estimate of drug-likeness (QED) is 0.479. The van der Waals surface area contributed by atoms with Gasteiger partial charge in [-0.15, -0.1) is 0 Å². The molecule has 0 saturated heterocycles. The highest BCUT2D eigenvalue weighted by atomic mass is 16.5. The maximum absolute atomic E-state index is 11.4. The Balaban J connectivity index is 3.37. The van der Waals surface area contributed by atoms with Crippen molar-refractivity contribution < 1.29 is 19.4 Å². The Morgan fingerprint density at radius 1 is 1.15 bits per heavy atom. The predicted molar refractivity (Wildman–Crippen MR) is 77.8 cm³/mol. The second kappa shape index (κ2) is 12.7. The van der Waals surface area contributed by atoms with Crippen LogP contribution < -0.4 is 10.6 Å². The molecule has 0 aliphatic rings. The van der Waals surface area contributed by atoms with E-state index in [-0.39, 0.29) is 12.5 Å². The number of unbranched alkanes of at least 4 members (excludes halogenated alkanes) is 1. The summed E-state index contributed by atoms with van der Waals surface area (Å²) in [7, 11) is 0. The molecule has 1 atom stereocenters. The van der Waals surface area contributed by atoms with Crippen molar-refractivity contribution >= 4 is 12.0 Å². The monoisotopic (exact) mass is 288 g/mol. The van der Waals surface area contributed by atoms with Crippen LogP contribution in [0.25, 0.3) is 0 Å². The van der Waals surface area contributed by atoms with Crippen LogP contribution in [0.4, 0.5) is 4.79 Å². The topological polar surface area (TPSA) is 87.7 Å². The van der Waals surface area contributed by atoms with E-state index in [4.69, 9.17) is 9.84 Å². The van der Waals surface area contributed by atoms with Crippen LogP contribution in [-0.4, -0.2) is 43.4 Å². The van der Waals surface area contributed by atoms with Gasteiger partial charge < -0.3 is 20.5 Å². The highest BCUT2D eigenvalue weighted by Gasteiger charge is 2.06. The molecule has 118 valence electrons. The third-order valence-corrected chi connectivity index (χ3v) is 2.95. The molecule has 0 heterocycles. The van der Waals surface area contributed by atoms with E-state index < -0.39 is 5.97 Å². The van der Waals surface area contributed by atoms with Crippen LogP contribution in [0.15, 0.2) is 0 Å². The van der Waals surface area contributed by atoms with E-state index in [1.54, 1.807) is 0 Å². The molecule has 0 fully saturated rings. The van der Waals surface area contributed by atoms with Gasteiger partial charge >= 0.3 is 12.0 Å². The molecule has 0 aliphatic carbocycles. The molecule has 0 radical (unpaired) electrons. The lowest BCUT2D eigenvalue weighted by Gasteiger charge is -2.11. The number of aliphatic carboxylic acids is 1. The average molecular weight is 288 g/mol. The molecule has 3 N–H and O–H groups in total. The molecule has 0 aliphatic heterocycles. The van der Waals surface area contributed by atoms with Gasteiger partial charge in [0.25, 0.3) is 0 Å². The van der Waals surface area contributed by atoms with Crippen LogP contribution in [0.2, 0.25) is 0 Å². The molecule has 0 aromatic rings. The molecule has 20 heavy (non-hydrogen) atoms. The van der Waals surface area contributed by atoms with Crippen molar-refractivity contribution in [3.8, 4) is 0 Å². The van der Waals surface area contributed by atoms with Gasteiger partial charge in [-0.2, -0.15) is 0 Å². The van der Waals surface area contributed by atoms with E-state index in [1.165, 1.54) is 0 Å². The van der Waals surface area contributed by atoms with E-state index in [0.717, 1.165) is 25.9 Å². The fourth-order valence-electron chi connectivity index (χ4n) is 1.59. The Labute approximate surface area is 121 Å². The van der Waals surface area contributed by atoms with Crippen LogP contribution in [0.1, 0.15) is 46.0 Å². The van der Waals surface area contributed by atoms with Crippen LogP contribution in [-0.2, 0) is 9.53 Å². The van der Waals surface area contributed by atoms with Crippen molar-refractivity contribution in [1.82, 2.24) is 10.6 Å². The van der Waals surface area contributed by atoms with E-state index in [9.17, 15) is 9.59 Å². The van der Waals surface area contributed by atoms with E-state index in [2.05, 4.69) is 17.6 Å². The Morgan fingerprint density at radius 3 is 2.50 bits per heavy atom. The number of carboxylic acid groups (broad SMARTS) is 1. The number of hydrogen-bond acceptors (Lipinski definition) is 3. The summed E-state index contributed by atoms with van der Waals surface area (Å²) in [5.41, 5.74) is 0. The Kier molecular flexibility index (Phi) is 11.9. The number of rotatable bonds is 12. The Bertz CT molecular complexity index is 272. The van der Waals surface area contributed by atoms with Crippen LogP contribution in [0.5, 0.6) is 0 Å². The van der Waals surface area contributed by atoms with Gasteiger partial charge in [-0.1, -0.05) is 20.3 Å². The van der Waals surface area contributed by atoms with Gasteiger partial charge in [-0.05, 0) is 25.2 Å². The summed E-state index contributed by atoms with van der Waals surface area (Å²) in [6.07, 6.45) is 3.76. The van der Waals surface area contributed by atoms with Gasteiger partial charge in [0.15, 0.2) is 0 Å². The summed E-state index contributed by atoms with van der Waals surface area (Å²) in [6, 6.07) is -0.200. The van der Waals surface area contributed by atoms with Crippen molar-refractivity contribution in [2.75, 3.05) is 26.3 Å². The summed E-state index contributed by atoms with van der Waals surface area (Å²) < 4.78 is 5.32.